The number of aliphatic hydroxyl groups is 1. The van der Waals surface area contributed by atoms with Crippen molar-refractivity contribution in [3.8, 4) is 11.8 Å². The number of nitrogens with zero attached hydrogens (tertiary/aromatic N) is 1. The van der Waals surface area contributed by atoms with Crippen molar-refractivity contribution in [2.24, 2.45) is 5.92 Å². The lowest BCUT2D eigenvalue weighted by Gasteiger charge is -2.32. The van der Waals surface area contributed by atoms with Crippen molar-refractivity contribution >= 4 is 0 Å². The van der Waals surface area contributed by atoms with Gasteiger partial charge in [0.2, 0.25) is 5.79 Å². The third kappa shape index (κ3) is 2.61. The lowest BCUT2D eigenvalue weighted by atomic mass is 9.91. The molecule has 1 aromatic carbocycles. The van der Waals surface area contributed by atoms with Gasteiger partial charge < -0.3 is 9.84 Å². The van der Waals surface area contributed by atoms with E-state index in [2.05, 4.69) is 6.07 Å². The normalized spacial score (nSPS) is 25.7. The molecule has 0 amide bonds. The third-order valence-corrected chi connectivity index (χ3v) is 2.93. The molecule has 1 aromatic rings. The maximum absolute atomic E-state index is 10.5. The van der Waals surface area contributed by atoms with Gasteiger partial charge in [0, 0.05) is 6.42 Å². The Hall–Kier alpha value is -2.05. The molecule has 0 spiro atoms. The van der Waals surface area contributed by atoms with Crippen LogP contribution in [0.3, 0.4) is 0 Å². The molecule has 0 aromatic heterocycles. The summed E-state index contributed by atoms with van der Waals surface area (Å²) < 4.78 is 5.63. The molecule has 0 radical (unpaired) electrons. The topological polar surface area (TPSA) is 53.2 Å². The Bertz CT molecular complexity index is 510. The summed E-state index contributed by atoms with van der Waals surface area (Å²) in [5.74, 6) is -1.21. The van der Waals surface area contributed by atoms with Crippen LogP contribution >= 0.6 is 0 Å². The van der Waals surface area contributed by atoms with Crippen LogP contribution in [0, 0.1) is 24.2 Å². The molecule has 0 heterocycles. The molecule has 0 bridgehead atoms. The van der Waals surface area contributed by atoms with Gasteiger partial charge in [-0.25, -0.2) is 0 Å². The summed E-state index contributed by atoms with van der Waals surface area (Å²) in [5.41, 5.74) is 1.13. The fourth-order valence-electron chi connectivity index (χ4n) is 1.87. The van der Waals surface area contributed by atoms with Crippen molar-refractivity contribution in [3.63, 3.8) is 0 Å². The molecule has 1 N–H and O–H groups in total. The summed E-state index contributed by atoms with van der Waals surface area (Å²) >= 11 is 0. The number of benzene rings is 1. The standard InChI is InChI=1S/C15H15NO2/c1-12-5-7-14(8-6-12)18-15(17)10-3-2-4-13(15)9-11-16/h2-8,10,13,17H,9H2,1H3. The van der Waals surface area contributed by atoms with Gasteiger partial charge in [-0.05, 0) is 25.1 Å². The minimum absolute atomic E-state index is 0.212. The number of ether oxygens (including phenoxy) is 1. The quantitative estimate of drug-likeness (QED) is 0.828. The largest absolute Gasteiger partial charge is 0.458 e. The van der Waals surface area contributed by atoms with Gasteiger partial charge in [0.25, 0.3) is 0 Å². The molecule has 92 valence electrons. The smallest absolute Gasteiger partial charge is 0.235 e. The number of hydrogen-bond acceptors (Lipinski definition) is 3. The summed E-state index contributed by atoms with van der Waals surface area (Å²) in [7, 11) is 0. The van der Waals surface area contributed by atoms with E-state index >= 15 is 0 Å². The lowest BCUT2D eigenvalue weighted by molar-refractivity contribution is -0.124. The Morgan fingerprint density at radius 2 is 2.06 bits per heavy atom. The monoisotopic (exact) mass is 241 g/mol. The van der Waals surface area contributed by atoms with E-state index in [1.165, 1.54) is 0 Å². The first-order chi connectivity index (χ1) is 8.64. The van der Waals surface area contributed by atoms with Gasteiger partial charge in [0.05, 0.1) is 12.0 Å². The Balaban J connectivity index is 2.19. The summed E-state index contributed by atoms with van der Waals surface area (Å²) in [5, 5.41) is 19.3. The Labute approximate surface area is 107 Å². The molecular weight excluding hydrogens is 226 g/mol. The number of aryl methyl sites for hydroxylation is 1. The number of rotatable bonds is 3. The van der Waals surface area contributed by atoms with E-state index in [0.29, 0.717) is 5.75 Å². The summed E-state index contributed by atoms with van der Waals surface area (Å²) in [6.07, 6.45) is 7.12. The second-order valence-electron chi connectivity index (χ2n) is 4.38. The van der Waals surface area contributed by atoms with Gasteiger partial charge in [-0.15, -0.1) is 0 Å². The zero-order valence-corrected chi connectivity index (χ0v) is 10.2. The zero-order chi connectivity index (χ0) is 13.0. The van der Waals surface area contributed by atoms with Crippen LogP contribution in [0.4, 0.5) is 0 Å². The van der Waals surface area contributed by atoms with Crippen LogP contribution < -0.4 is 4.74 Å². The molecule has 0 saturated heterocycles. The van der Waals surface area contributed by atoms with Crippen LogP contribution in [-0.2, 0) is 0 Å². The fourth-order valence-corrected chi connectivity index (χ4v) is 1.87. The van der Waals surface area contributed by atoms with Gasteiger partial charge in [0.1, 0.15) is 5.75 Å². The Kier molecular flexibility index (Phi) is 3.50. The third-order valence-electron chi connectivity index (χ3n) is 2.93. The van der Waals surface area contributed by atoms with Crippen molar-refractivity contribution in [2.45, 2.75) is 19.1 Å². The molecule has 3 nitrogen and oxygen atoms in total. The van der Waals surface area contributed by atoms with Crippen LogP contribution in [0.2, 0.25) is 0 Å². The minimum atomic E-state index is -1.44. The summed E-state index contributed by atoms with van der Waals surface area (Å²) in [4.78, 5) is 0. The minimum Gasteiger partial charge on any atom is -0.458 e. The lowest BCUT2D eigenvalue weighted by Crippen LogP contribution is -2.42. The van der Waals surface area contributed by atoms with Crippen LogP contribution in [0.15, 0.2) is 48.6 Å². The van der Waals surface area contributed by atoms with E-state index in [1.807, 2.05) is 37.3 Å². The predicted octanol–water partition coefficient (Wildman–Crippen LogP) is 2.72. The molecule has 1 aliphatic carbocycles. The molecule has 0 saturated carbocycles. The van der Waals surface area contributed by atoms with Gasteiger partial charge in [-0.1, -0.05) is 35.9 Å². The first-order valence-electron chi connectivity index (χ1n) is 5.85. The molecule has 0 fully saturated rings. The highest BCUT2D eigenvalue weighted by molar-refractivity contribution is 5.29. The van der Waals surface area contributed by atoms with E-state index in [9.17, 15) is 5.11 Å². The van der Waals surface area contributed by atoms with Crippen molar-refractivity contribution in [1.82, 2.24) is 0 Å². The number of hydrogen-bond donors (Lipinski definition) is 1. The van der Waals surface area contributed by atoms with E-state index in [0.717, 1.165) is 5.56 Å². The van der Waals surface area contributed by atoms with E-state index in [1.54, 1.807) is 18.2 Å². The van der Waals surface area contributed by atoms with Gasteiger partial charge in [-0.3, -0.25) is 0 Å². The van der Waals surface area contributed by atoms with Crippen LogP contribution in [0.25, 0.3) is 0 Å². The molecule has 2 unspecified atom stereocenters. The molecule has 1 aliphatic rings. The van der Waals surface area contributed by atoms with Crippen LogP contribution in [-0.4, -0.2) is 10.9 Å². The number of nitriles is 1. The summed E-state index contributed by atoms with van der Waals surface area (Å²) in [6, 6.07) is 9.51. The maximum Gasteiger partial charge on any atom is 0.235 e. The van der Waals surface area contributed by atoms with Crippen LogP contribution in [0.5, 0.6) is 5.75 Å². The van der Waals surface area contributed by atoms with Crippen molar-refractivity contribution in [3.05, 3.63) is 54.1 Å². The van der Waals surface area contributed by atoms with E-state index in [-0.39, 0.29) is 12.3 Å². The second kappa shape index (κ2) is 5.07. The fraction of sp³-hybridized carbons (Fsp3) is 0.267. The molecule has 2 rings (SSSR count). The first kappa shape index (κ1) is 12.4. The van der Waals surface area contributed by atoms with Crippen LogP contribution in [0.1, 0.15) is 12.0 Å². The molecule has 2 atom stereocenters. The van der Waals surface area contributed by atoms with Crippen molar-refractivity contribution < 1.29 is 9.84 Å². The highest BCUT2D eigenvalue weighted by Crippen LogP contribution is 2.30. The SMILES string of the molecule is Cc1ccc(OC2(O)C=CC=CC2CC#N)cc1. The molecule has 3 heteroatoms. The van der Waals surface area contributed by atoms with Crippen molar-refractivity contribution in [2.75, 3.05) is 0 Å². The summed E-state index contributed by atoms with van der Waals surface area (Å²) in [6.45, 7) is 1.99. The van der Waals surface area contributed by atoms with Gasteiger partial charge in [0.15, 0.2) is 0 Å². The number of allylic oxidation sites excluding steroid dienone is 2. The second-order valence-corrected chi connectivity index (χ2v) is 4.38. The van der Waals surface area contributed by atoms with Gasteiger partial charge >= 0.3 is 0 Å². The Morgan fingerprint density at radius 1 is 1.33 bits per heavy atom. The highest BCUT2D eigenvalue weighted by atomic mass is 16.6. The molecule has 0 aliphatic heterocycles. The molecule has 18 heavy (non-hydrogen) atoms. The van der Waals surface area contributed by atoms with Crippen molar-refractivity contribution in [1.29, 1.82) is 5.26 Å². The highest BCUT2D eigenvalue weighted by Gasteiger charge is 2.36. The maximum atomic E-state index is 10.5. The zero-order valence-electron chi connectivity index (χ0n) is 10.2. The molecular formula is C15H15NO2. The predicted molar refractivity (Wildman–Crippen MR) is 68.8 cm³/mol. The average molecular weight is 241 g/mol. The van der Waals surface area contributed by atoms with E-state index in [4.69, 9.17) is 10.00 Å². The van der Waals surface area contributed by atoms with E-state index < -0.39 is 5.79 Å². The van der Waals surface area contributed by atoms with Gasteiger partial charge in [-0.2, -0.15) is 5.26 Å². The Morgan fingerprint density at radius 3 is 2.72 bits per heavy atom. The first-order valence-corrected chi connectivity index (χ1v) is 5.85. The average Bonchev–Trinajstić information content (AvgIpc) is 2.36.